The summed E-state index contributed by atoms with van der Waals surface area (Å²) in [5, 5.41) is -0.933. The van der Waals surface area contributed by atoms with E-state index in [2.05, 4.69) is 30.9 Å². The molecule has 0 spiro atoms. The van der Waals surface area contributed by atoms with Crippen LogP contribution in [-0.2, 0) is 14.6 Å². The van der Waals surface area contributed by atoms with Gasteiger partial charge in [-0.1, -0.05) is 34.6 Å². The van der Waals surface area contributed by atoms with E-state index in [0.717, 1.165) is 24.4 Å². The maximum Gasteiger partial charge on any atom is 0.240 e. The number of amides is 1. The fourth-order valence-corrected chi connectivity index (χ4v) is 7.65. The van der Waals surface area contributed by atoms with Crippen LogP contribution in [0.5, 0.6) is 5.75 Å². The molecule has 3 fully saturated rings. The SMILES string of the molecule is CCCS(=O)(=O)C(CC(C)C)C(=O)N1C[C@@H]2CN(c3ccc(OCC)cc3)[C@H](C1)C(C)(C)C2. The van der Waals surface area contributed by atoms with Crippen LogP contribution in [0.15, 0.2) is 24.3 Å². The van der Waals surface area contributed by atoms with Crippen LogP contribution in [0.3, 0.4) is 0 Å². The van der Waals surface area contributed by atoms with Crippen LogP contribution in [0.1, 0.15) is 60.8 Å². The van der Waals surface area contributed by atoms with Crippen LogP contribution in [0.4, 0.5) is 5.69 Å². The molecule has 1 unspecified atom stereocenters. The van der Waals surface area contributed by atoms with Crippen molar-refractivity contribution in [1.29, 1.82) is 0 Å². The van der Waals surface area contributed by atoms with Crippen LogP contribution < -0.4 is 9.64 Å². The van der Waals surface area contributed by atoms with Crippen molar-refractivity contribution in [1.82, 2.24) is 4.90 Å². The van der Waals surface area contributed by atoms with Gasteiger partial charge in [0.05, 0.1) is 18.4 Å². The Bertz CT molecular complexity index is 911. The maximum atomic E-state index is 13.7. The largest absolute Gasteiger partial charge is 0.494 e. The summed E-state index contributed by atoms with van der Waals surface area (Å²) in [6.45, 7) is 15.1. The molecule has 3 atom stereocenters. The highest BCUT2D eigenvalue weighted by molar-refractivity contribution is 7.92. The molecular formula is C26H42N2O4S. The average molecular weight is 479 g/mol. The van der Waals surface area contributed by atoms with Gasteiger partial charge >= 0.3 is 0 Å². The molecule has 3 aliphatic heterocycles. The lowest BCUT2D eigenvalue weighted by atomic mass is 9.73. The Hall–Kier alpha value is -1.76. The lowest BCUT2D eigenvalue weighted by Crippen LogP contribution is -2.54. The van der Waals surface area contributed by atoms with E-state index in [-0.39, 0.29) is 29.0 Å². The summed E-state index contributed by atoms with van der Waals surface area (Å²) in [4.78, 5) is 18.0. The van der Waals surface area contributed by atoms with Crippen LogP contribution >= 0.6 is 0 Å². The third kappa shape index (κ3) is 5.84. The number of ether oxygens (including phenoxy) is 1. The van der Waals surface area contributed by atoms with Gasteiger partial charge in [-0.3, -0.25) is 4.79 Å². The quantitative estimate of drug-likeness (QED) is 0.527. The van der Waals surface area contributed by atoms with Crippen molar-refractivity contribution in [3.8, 4) is 5.75 Å². The molecule has 6 nitrogen and oxygen atoms in total. The third-order valence-corrected chi connectivity index (χ3v) is 9.33. The van der Waals surface area contributed by atoms with E-state index in [1.54, 1.807) is 0 Å². The highest BCUT2D eigenvalue weighted by atomic mass is 32.2. The lowest BCUT2D eigenvalue weighted by Gasteiger charge is -2.48. The second-order valence-electron chi connectivity index (χ2n) is 10.9. The Morgan fingerprint density at radius 2 is 1.79 bits per heavy atom. The number of carbonyl (C=O) groups is 1. The zero-order chi connectivity index (χ0) is 24.4. The van der Waals surface area contributed by atoms with E-state index < -0.39 is 15.1 Å². The predicted octanol–water partition coefficient (Wildman–Crippen LogP) is 4.39. The number of carbonyl (C=O) groups excluding carboxylic acids is 1. The third-order valence-electron chi connectivity index (χ3n) is 7.09. The van der Waals surface area contributed by atoms with Gasteiger partial charge in [0.2, 0.25) is 5.91 Å². The molecule has 3 heterocycles. The molecule has 1 amide bonds. The molecule has 1 aromatic carbocycles. The van der Waals surface area contributed by atoms with E-state index in [1.165, 1.54) is 0 Å². The van der Waals surface area contributed by atoms with E-state index in [4.69, 9.17) is 4.74 Å². The Morgan fingerprint density at radius 1 is 1.12 bits per heavy atom. The van der Waals surface area contributed by atoms with Crippen molar-refractivity contribution in [2.75, 3.05) is 36.9 Å². The van der Waals surface area contributed by atoms with Crippen molar-refractivity contribution < 1.29 is 17.9 Å². The highest BCUT2D eigenvalue weighted by Gasteiger charge is 2.48. The summed E-state index contributed by atoms with van der Waals surface area (Å²) in [5.41, 5.74) is 1.15. The molecule has 7 heteroatoms. The summed E-state index contributed by atoms with van der Waals surface area (Å²) in [6.07, 6.45) is 1.96. The molecule has 33 heavy (non-hydrogen) atoms. The minimum Gasteiger partial charge on any atom is -0.494 e. The summed E-state index contributed by atoms with van der Waals surface area (Å²) in [6, 6.07) is 8.33. The number of piperidine rings is 1. The minimum atomic E-state index is -3.47. The Balaban J connectivity index is 1.89. The normalized spacial score (nSPS) is 23.5. The zero-order valence-electron chi connectivity index (χ0n) is 21.2. The first kappa shape index (κ1) is 25.9. The summed E-state index contributed by atoms with van der Waals surface area (Å²) in [7, 11) is -3.47. The van der Waals surface area contributed by atoms with E-state index in [1.807, 2.05) is 44.7 Å². The molecule has 0 aromatic heterocycles. The topological polar surface area (TPSA) is 66.9 Å². The molecule has 0 saturated carbocycles. The van der Waals surface area contributed by atoms with Crippen molar-refractivity contribution in [2.24, 2.45) is 17.3 Å². The van der Waals surface area contributed by atoms with Crippen molar-refractivity contribution in [2.45, 2.75) is 72.1 Å². The molecule has 3 saturated heterocycles. The molecule has 3 aliphatic rings. The molecule has 1 aromatic rings. The van der Waals surface area contributed by atoms with Gasteiger partial charge in [0.15, 0.2) is 9.84 Å². The summed E-state index contributed by atoms with van der Waals surface area (Å²) in [5.74, 6) is 1.18. The van der Waals surface area contributed by atoms with E-state index in [0.29, 0.717) is 38.5 Å². The molecule has 0 radical (unpaired) electrons. The van der Waals surface area contributed by atoms with Gasteiger partial charge in [-0.15, -0.1) is 0 Å². The fourth-order valence-electron chi connectivity index (χ4n) is 5.66. The lowest BCUT2D eigenvalue weighted by molar-refractivity contribution is -0.131. The van der Waals surface area contributed by atoms with E-state index >= 15 is 0 Å². The molecule has 4 rings (SSSR count). The summed E-state index contributed by atoms with van der Waals surface area (Å²) >= 11 is 0. The molecule has 0 aliphatic carbocycles. The van der Waals surface area contributed by atoms with Gasteiger partial charge in [-0.2, -0.15) is 0 Å². The number of nitrogens with zero attached hydrogens (tertiary/aromatic N) is 2. The standard InChI is InChI=1S/C26H42N2O4S/c1-7-13-33(30,31)23(14-19(3)4)25(29)27-16-20-15-26(5,6)24(18-27)28(17-20)21-9-11-22(12-10-21)32-8-2/h9-12,19-20,23-24H,7-8,13-18H2,1-6H3/t20-,23?,24-/m1/s1. The second kappa shape index (κ2) is 10.2. The van der Waals surface area contributed by atoms with Crippen molar-refractivity contribution in [3.05, 3.63) is 24.3 Å². The van der Waals surface area contributed by atoms with Gasteiger partial charge in [-0.05, 0) is 67.7 Å². The first-order chi connectivity index (χ1) is 15.5. The average Bonchev–Trinajstić information content (AvgIpc) is 2.99. The van der Waals surface area contributed by atoms with Gasteiger partial charge in [-0.25, -0.2) is 8.42 Å². The number of fused-ring (bicyclic) bond motifs is 4. The monoisotopic (exact) mass is 478 g/mol. The number of benzene rings is 1. The Kier molecular flexibility index (Phi) is 8.03. The number of sulfone groups is 1. The smallest absolute Gasteiger partial charge is 0.240 e. The fraction of sp³-hybridized carbons (Fsp3) is 0.731. The Labute approximate surface area is 200 Å². The summed E-state index contributed by atoms with van der Waals surface area (Å²) < 4.78 is 31.7. The first-order valence-electron chi connectivity index (χ1n) is 12.5. The predicted molar refractivity (Wildman–Crippen MR) is 135 cm³/mol. The van der Waals surface area contributed by atoms with Crippen molar-refractivity contribution >= 4 is 21.4 Å². The van der Waals surface area contributed by atoms with Crippen LogP contribution in [0.2, 0.25) is 0 Å². The van der Waals surface area contributed by atoms with Gasteiger partial charge in [0.1, 0.15) is 11.0 Å². The van der Waals surface area contributed by atoms with Gasteiger partial charge in [0.25, 0.3) is 0 Å². The number of anilines is 1. The van der Waals surface area contributed by atoms with Crippen LogP contribution in [0, 0.1) is 17.3 Å². The zero-order valence-corrected chi connectivity index (χ0v) is 22.0. The molecule has 0 N–H and O–H groups in total. The van der Waals surface area contributed by atoms with Gasteiger partial charge < -0.3 is 14.5 Å². The number of rotatable bonds is 9. The molecule has 186 valence electrons. The van der Waals surface area contributed by atoms with Crippen LogP contribution in [-0.4, -0.2) is 62.5 Å². The van der Waals surface area contributed by atoms with Crippen molar-refractivity contribution in [3.63, 3.8) is 0 Å². The molecule has 2 bridgehead atoms. The second-order valence-corrected chi connectivity index (χ2v) is 13.2. The minimum absolute atomic E-state index is 0.0202. The van der Waals surface area contributed by atoms with E-state index in [9.17, 15) is 13.2 Å². The van der Waals surface area contributed by atoms with Crippen LogP contribution in [0.25, 0.3) is 0 Å². The number of hydrogen-bond acceptors (Lipinski definition) is 5. The molecular weight excluding hydrogens is 436 g/mol. The first-order valence-corrected chi connectivity index (χ1v) is 14.2. The Morgan fingerprint density at radius 3 is 2.36 bits per heavy atom. The number of hydrogen-bond donors (Lipinski definition) is 0. The maximum absolute atomic E-state index is 13.7. The highest BCUT2D eigenvalue weighted by Crippen LogP contribution is 2.43. The van der Waals surface area contributed by atoms with Gasteiger partial charge in [0, 0.05) is 25.3 Å².